The fourth-order valence-corrected chi connectivity index (χ4v) is 4.34. The first-order chi connectivity index (χ1) is 9.41. The minimum atomic E-state index is -3.20. The van der Waals surface area contributed by atoms with E-state index in [0.29, 0.717) is 18.8 Å². The third kappa shape index (κ3) is 3.69. The van der Waals surface area contributed by atoms with E-state index in [1.807, 2.05) is 12.1 Å². The highest BCUT2D eigenvalue weighted by Gasteiger charge is 2.39. The molecule has 7 heteroatoms. The van der Waals surface area contributed by atoms with Crippen LogP contribution in [-0.4, -0.2) is 60.3 Å². The fourth-order valence-electron chi connectivity index (χ4n) is 2.51. The van der Waals surface area contributed by atoms with Crippen molar-refractivity contribution in [3.63, 3.8) is 0 Å². The lowest BCUT2D eigenvalue weighted by atomic mass is 10.1. The van der Waals surface area contributed by atoms with Crippen LogP contribution >= 0.6 is 0 Å². The molecular weight excluding hydrogens is 280 g/mol. The fraction of sp³-hybridized carbons (Fsp3) is 0.538. The van der Waals surface area contributed by atoms with Crippen molar-refractivity contribution in [3.05, 3.63) is 29.8 Å². The van der Waals surface area contributed by atoms with E-state index in [9.17, 15) is 13.5 Å². The highest BCUT2D eigenvalue weighted by Crippen LogP contribution is 2.20. The molecule has 0 bridgehead atoms. The van der Waals surface area contributed by atoms with Crippen LogP contribution in [0.1, 0.15) is 5.56 Å². The molecule has 4 N–H and O–H groups in total. The van der Waals surface area contributed by atoms with Gasteiger partial charge in [0.1, 0.15) is 0 Å². The summed E-state index contributed by atoms with van der Waals surface area (Å²) in [6.07, 6.45) is -0.902. The van der Waals surface area contributed by atoms with Crippen molar-refractivity contribution in [2.24, 2.45) is 0 Å². The Balaban J connectivity index is 2.13. The molecule has 0 radical (unpaired) electrons. The molecule has 0 amide bonds. The van der Waals surface area contributed by atoms with Crippen LogP contribution in [0.15, 0.2) is 24.3 Å². The van der Waals surface area contributed by atoms with E-state index in [1.54, 1.807) is 17.0 Å². The Hall–Kier alpha value is -1.15. The van der Waals surface area contributed by atoms with Crippen molar-refractivity contribution in [1.82, 2.24) is 4.90 Å². The standard InChI is InChI=1S/C13H20N2O4S/c14-11-3-1-10(2-4-11)7-15(5-6-16)12-8-20(18,19)9-13(12)17/h1-4,12-13,16-17H,5-9,14H2/t12-,13+/m1/s1. The normalized spacial score (nSPS) is 25.1. The van der Waals surface area contributed by atoms with E-state index in [0.717, 1.165) is 5.56 Å². The predicted molar refractivity (Wildman–Crippen MR) is 76.8 cm³/mol. The van der Waals surface area contributed by atoms with Crippen LogP contribution in [0, 0.1) is 0 Å². The number of aliphatic hydroxyl groups is 2. The van der Waals surface area contributed by atoms with Gasteiger partial charge in [-0.25, -0.2) is 8.42 Å². The van der Waals surface area contributed by atoms with Gasteiger partial charge in [-0.05, 0) is 17.7 Å². The second-order valence-electron chi connectivity index (χ2n) is 5.15. The average Bonchev–Trinajstić information content (AvgIpc) is 2.65. The number of anilines is 1. The van der Waals surface area contributed by atoms with Gasteiger partial charge in [0.05, 0.1) is 30.3 Å². The van der Waals surface area contributed by atoms with E-state index in [1.165, 1.54) is 0 Å². The van der Waals surface area contributed by atoms with E-state index in [-0.39, 0.29) is 18.1 Å². The third-order valence-electron chi connectivity index (χ3n) is 3.52. The Kier molecular flexibility index (Phi) is 4.64. The van der Waals surface area contributed by atoms with Crippen molar-refractivity contribution in [2.75, 3.05) is 30.4 Å². The lowest BCUT2D eigenvalue weighted by molar-refractivity contribution is 0.0655. The number of nitrogens with two attached hydrogens (primary N) is 1. The number of sulfone groups is 1. The van der Waals surface area contributed by atoms with E-state index < -0.39 is 22.0 Å². The number of nitrogen functional groups attached to an aromatic ring is 1. The molecule has 1 aliphatic rings. The first-order valence-corrected chi connectivity index (χ1v) is 8.31. The van der Waals surface area contributed by atoms with Crippen LogP contribution in [-0.2, 0) is 16.4 Å². The molecule has 20 heavy (non-hydrogen) atoms. The van der Waals surface area contributed by atoms with Gasteiger partial charge in [0, 0.05) is 18.8 Å². The van der Waals surface area contributed by atoms with Crippen molar-refractivity contribution >= 4 is 15.5 Å². The largest absolute Gasteiger partial charge is 0.399 e. The van der Waals surface area contributed by atoms with Crippen LogP contribution in [0.5, 0.6) is 0 Å². The molecule has 0 unspecified atom stereocenters. The number of hydrogen-bond donors (Lipinski definition) is 3. The summed E-state index contributed by atoms with van der Waals surface area (Å²) in [5.41, 5.74) is 7.24. The smallest absolute Gasteiger partial charge is 0.154 e. The Morgan fingerprint density at radius 1 is 1.25 bits per heavy atom. The first-order valence-electron chi connectivity index (χ1n) is 6.49. The number of nitrogens with zero attached hydrogens (tertiary/aromatic N) is 1. The molecule has 0 spiro atoms. The minimum Gasteiger partial charge on any atom is -0.399 e. The van der Waals surface area contributed by atoms with Crippen molar-refractivity contribution < 1.29 is 18.6 Å². The maximum atomic E-state index is 11.6. The van der Waals surface area contributed by atoms with Crippen LogP contribution < -0.4 is 5.73 Å². The summed E-state index contributed by atoms with van der Waals surface area (Å²) in [6, 6.07) is 6.79. The van der Waals surface area contributed by atoms with Gasteiger partial charge in [-0.2, -0.15) is 0 Å². The SMILES string of the molecule is Nc1ccc(CN(CCO)[C@@H]2CS(=O)(=O)C[C@@H]2O)cc1. The van der Waals surface area contributed by atoms with Crippen molar-refractivity contribution in [2.45, 2.75) is 18.7 Å². The van der Waals surface area contributed by atoms with Gasteiger partial charge in [0.15, 0.2) is 9.84 Å². The number of benzene rings is 1. The lowest BCUT2D eigenvalue weighted by Gasteiger charge is -2.29. The molecule has 1 aromatic carbocycles. The van der Waals surface area contributed by atoms with Gasteiger partial charge < -0.3 is 15.9 Å². The molecule has 1 aromatic rings. The minimum absolute atomic E-state index is 0.0663. The Morgan fingerprint density at radius 3 is 2.40 bits per heavy atom. The lowest BCUT2D eigenvalue weighted by Crippen LogP contribution is -2.44. The van der Waals surface area contributed by atoms with Gasteiger partial charge in [-0.3, -0.25) is 4.90 Å². The molecule has 6 nitrogen and oxygen atoms in total. The second kappa shape index (κ2) is 6.09. The van der Waals surface area contributed by atoms with E-state index in [2.05, 4.69) is 0 Å². The summed E-state index contributed by atoms with van der Waals surface area (Å²) in [4.78, 5) is 1.81. The van der Waals surface area contributed by atoms with E-state index in [4.69, 9.17) is 10.8 Å². The summed E-state index contributed by atoms with van der Waals surface area (Å²) in [7, 11) is -3.20. The van der Waals surface area contributed by atoms with Crippen LogP contribution in [0.25, 0.3) is 0 Å². The van der Waals surface area contributed by atoms with Gasteiger partial charge in [0.2, 0.25) is 0 Å². The number of aliphatic hydroxyl groups excluding tert-OH is 2. The van der Waals surface area contributed by atoms with Crippen LogP contribution in [0.3, 0.4) is 0 Å². The maximum Gasteiger partial charge on any atom is 0.154 e. The number of rotatable bonds is 5. The van der Waals surface area contributed by atoms with Gasteiger partial charge in [-0.15, -0.1) is 0 Å². The molecule has 1 saturated heterocycles. The van der Waals surface area contributed by atoms with Gasteiger partial charge in [-0.1, -0.05) is 12.1 Å². The molecule has 1 heterocycles. The molecule has 112 valence electrons. The molecule has 0 saturated carbocycles. The molecule has 2 atom stereocenters. The summed E-state index contributed by atoms with van der Waals surface area (Å²) >= 11 is 0. The Morgan fingerprint density at radius 2 is 1.90 bits per heavy atom. The highest BCUT2D eigenvalue weighted by molar-refractivity contribution is 7.91. The van der Waals surface area contributed by atoms with Crippen molar-refractivity contribution in [3.8, 4) is 0 Å². The summed E-state index contributed by atoms with van der Waals surface area (Å²) in [5, 5.41) is 19.1. The first kappa shape index (κ1) is 15.2. The molecule has 1 fully saturated rings. The third-order valence-corrected chi connectivity index (χ3v) is 5.21. The average molecular weight is 300 g/mol. The summed E-state index contributed by atoms with van der Waals surface area (Å²) < 4.78 is 23.2. The van der Waals surface area contributed by atoms with Gasteiger partial charge >= 0.3 is 0 Å². The van der Waals surface area contributed by atoms with Gasteiger partial charge in [0.25, 0.3) is 0 Å². The Bertz CT molecular complexity index is 544. The number of hydrogen-bond acceptors (Lipinski definition) is 6. The van der Waals surface area contributed by atoms with Crippen LogP contribution in [0.4, 0.5) is 5.69 Å². The zero-order valence-corrected chi connectivity index (χ0v) is 12.0. The zero-order chi connectivity index (χ0) is 14.8. The molecule has 1 aliphatic heterocycles. The highest BCUT2D eigenvalue weighted by atomic mass is 32.2. The van der Waals surface area contributed by atoms with Crippen molar-refractivity contribution in [1.29, 1.82) is 0 Å². The molecular formula is C13H20N2O4S. The van der Waals surface area contributed by atoms with Crippen LogP contribution in [0.2, 0.25) is 0 Å². The molecule has 0 aliphatic carbocycles. The second-order valence-corrected chi connectivity index (χ2v) is 7.30. The molecule has 2 rings (SSSR count). The molecule has 0 aromatic heterocycles. The van der Waals surface area contributed by atoms with E-state index >= 15 is 0 Å². The quantitative estimate of drug-likeness (QED) is 0.616. The zero-order valence-electron chi connectivity index (χ0n) is 11.1. The topological polar surface area (TPSA) is 104 Å². The maximum absolute atomic E-state index is 11.6. The Labute approximate surface area is 118 Å². The predicted octanol–water partition coefficient (Wildman–Crippen LogP) is -0.779. The summed E-state index contributed by atoms with van der Waals surface area (Å²) in [6.45, 7) is 0.706. The summed E-state index contributed by atoms with van der Waals surface area (Å²) in [5.74, 6) is -0.273. The monoisotopic (exact) mass is 300 g/mol.